The second-order valence-electron chi connectivity index (χ2n) is 8.89. The quantitative estimate of drug-likeness (QED) is 0.125. The lowest BCUT2D eigenvalue weighted by Crippen LogP contribution is -2.73. The van der Waals surface area contributed by atoms with Crippen LogP contribution in [-0.2, 0) is 4.74 Å². The van der Waals surface area contributed by atoms with Gasteiger partial charge >= 0.3 is 89.4 Å². The Balaban J connectivity index is 6.93. The smallest absolute Gasteiger partial charge is 0.460 e. The summed E-state index contributed by atoms with van der Waals surface area (Å²) in [5, 5.41) is 0. The first-order chi connectivity index (χ1) is 21.0. The first kappa shape index (κ1) is 47.3. The number of rotatable bonds is 14. The summed E-state index contributed by atoms with van der Waals surface area (Å²) < 4.78 is 419. The third-order valence-electron chi connectivity index (χ3n) is 5.55. The Hall–Kier alpha value is -2.70. The van der Waals surface area contributed by atoms with E-state index in [1.165, 1.54) is 0 Å². The van der Waals surface area contributed by atoms with E-state index < -0.39 is 102 Å². The van der Waals surface area contributed by atoms with Gasteiger partial charge in [0.2, 0.25) is 5.83 Å². The minimum absolute atomic E-state index is 1.97. The van der Waals surface area contributed by atoms with Gasteiger partial charge in [0.25, 0.3) is 0 Å². The van der Waals surface area contributed by atoms with Crippen molar-refractivity contribution >= 4 is 0 Å². The van der Waals surface area contributed by atoms with E-state index in [1.807, 2.05) is 4.74 Å². The molecule has 0 bridgehead atoms. The molecule has 0 radical (unpaired) electrons. The molecule has 0 saturated carbocycles. The number of allylic oxidation sites excluding steroid dienone is 1. The number of ether oxygens (including phenoxy) is 1. The Labute approximate surface area is 248 Å². The van der Waals surface area contributed by atoms with Crippen molar-refractivity contribution in [3.8, 4) is 0 Å². The van der Waals surface area contributed by atoms with Gasteiger partial charge in [0.05, 0.1) is 0 Å². The summed E-state index contributed by atoms with van der Waals surface area (Å²) in [5.74, 6) is -111. The first-order valence-electron chi connectivity index (χ1n) is 10.4. The fourth-order valence-electron chi connectivity index (χ4n) is 2.54. The maximum Gasteiger partial charge on any atom is 0.460 e. The molecular weight excluding hydrogens is 828 g/mol. The highest BCUT2D eigenvalue weighted by atomic mass is 19.4. The minimum Gasteiger partial charge on any atom is -0.462 e. The summed E-state index contributed by atoms with van der Waals surface area (Å²) in [7, 11) is 0. The van der Waals surface area contributed by atoms with E-state index in [2.05, 4.69) is 0 Å². The number of alkyl halides is 30. The van der Waals surface area contributed by atoms with Crippen LogP contribution in [-0.4, -0.2) is 90.0 Å². The van der Waals surface area contributed by atoms with Crippen LogP contribution >= 0.6 is 0 Å². The van der Waals surface area contributed by atoms with E-state index in [0.717, 1.165) is 0 Å². The number of hydrogen-bond donors (Lipinski definition) is 0. The maximum absolute atomic E-state index is 13.6. The van der Waals surface area contributed by atoms with Crippen molar-refractivity contribution < 1.29 is 145 Å². The van der Waals surface area contributed by atoms with Crippen molar-refractivity contribution in [2.45, 2.75) is 83.4 Å². The molecule has 300 valence electrons. The summed E-state index contributed by atoms with van der Waals surface area (Å²) in [4.78, 5) is 0. The zero-order chi connectivity index (χ0) is 41.6. The lowest BCUT2D eigenvalue weighted by atomic mass is 9.90. The summed E-state index contributed by atoms with van der Waals surface area (Å²) in [6.45, 7) is -4.74. The van der Waals surface area contributed by atoms with Crippen molar-refractivity contribution in [2.24, 2.45) is 0 Å². The second-order valence-corrected chi connectivity index (χ2v) is 8.89. The summed E-state index contributed by atoms with van der Waals surface area (Å²) in [6.07, 6.45) is -16.3. The molecule has 0 amide bonds. The minimum atomic E-state index is -9.23. The molecule has 1 nitrogen and oxygen atoms in total. The van der Waals surface area contributed by atoms with Crippen molar-refractivity contribution in [3.05, 3.63) is 11.8 Å². The van der Waals surface area contributed by atoms with E-state index in [-0.39, 0.29) is 0 Å². The summed E-state index contributed by atoms with van der Waals surface area (Å²) >= 11 is 0. The van der Waals surface area contributed by atoms with Gasteiger partial charge in [0.15, 0.2) is 6.61 Å². The van der Waals surface area contributed by atoms with Crippen LogP contribution in [0.25, 0.3) is 0 Å². The van der Waals surface area contributed by atoms with E-state index in [9.17, 15) is 140 Å². The molecule has 0 aliphatic heterocycles. The Bertz CT molecular complexity index is 1260. The molecule has 0 spiro atoms. The SMILES string of the molecule is FC(OCC(F)(F)C(F)(F)C(F)(F)C(F)(F)C(F)(F)C(F)(F)C(F)(F)F)=C(F)C(F)(F)C(F)(F)C(F)(F)C(F)(F)C(F)(F)C(F)(F)C(F)(F)F. The van der Waals surface area contributed by atoms with Gasteiger partial charge in [-0.25, -0.2) is 0 Å². The molecule has 50 heavy (non-hydrogen) atoms. The van der Waals surface area contributed by atoms with E-state index in [4.69, 9.17) is 0 Å². The standard InChI is InChI=1S/C17H2F32O/c18-2(5(22,23)7(26,27)9(30,31)11(34,35)13(38,39)15(42,43)17(47,48)49)3(19)50-1-4(20,21)6(24,25)8(28,29)10(32,33)12(36,37)14(40,41)16(44,45)46/h1H2. The lowest BCUT2D eigenvalue weighted by molar-refractivity contribution is -0.453. The molecule has 0 aliphatic rings. The average molecular weight is 830 g/mol. The third kappa shape index (κ3) is 6.04. The van der Waals surface area contributed by atoms with Gasteiger partial charge in [-0.3, -0.25) is 0 Å². The molecule has 0 aliphatic carbocycles. The molecule has 0 N–H and O–H groups in total. The maximum atomic E-state index is 13.6. The summed E-state index contributed by atoms with van der Waals surface area (Å²) in [5.41, 5.74) is 0. The topological polar surface area (TPSA) is 9.23 Å². The number of hydrogen-bond acceptors (Lipinski definition) is 1. The monoisotopic (exact) mass is 830 g/mol. The fraction of sp³-hybridized carbons (Fsp3) is 0.882. The average Bonchev–Trinajstić information content (AvgIpc) is 2.88. The predicted molar refractivity (Wildman–Crippen MR) is 86.7 cm³/mol. The molecule has 0 rings (SSSR count). The van der Waals surface area contributed by atoms with Crippen LogP contribution in [0.1, 0.15) is 0 Å². The van der Waals surface area contributed by atoms with Crippen molar-refractivity contribution in [1.29, 1.82) is 0 Å². The molecule has 0 aromatic carbocycles. The van der Waals surface area contributed by atoms with Crippen LogP contribution in [0.2, 0.25) is 0 Å². The molecule has 0 aromatic heterocycles. The molecule has 0 atom stereocenters. The molecular formula is C17H2F32O. The first-order valence-corrected chi connectivity index (χ1v) is 10.4. The molecule has 0 unspecified atom stereocenters. The second kappa shape index (κ2) is 11.9. The third-order valence-corrected chi connectivity index (χ3v) is 5.55. The van der Waals surface area contributed by atoms with Crippen molar-refractivity contribution in [3.63, 3.8) is 0 Å². The van der Waals surface area contributed by atoms with Crippen LogP contribution in [0.3, 0.4) is 0 Å². The van der Waals surface area contributed by atoms with Gasteiger partial charge < -0.3 is 4.74 Å². The van der Waals surface area contributed by atoms with Gasteiger partial charge in [-0.1, -0.05) is 0 Å². The van der Waals surface area contributed by atoms with E-state index >= 15 is 0 Å². The zero-order valence-electron chi connectivity index (χ0n) is 21.2. The van der Waals surface area contributed by atoms with E-state index in [0.29, 0.717) is 0 Å². The Kier molecular flexibility index (Phi) is 11.3. The van der Waals surface area contributed by atoms with Gasteiger partial charge in [-0.2, -0.15) is 140 Å². The van der Waals surface area contributed by atoms with Crippen LogP contribution in [0.15, 0.2) is 11.8 Å². The largest absolute Gasteiger partial charge is 0.462 e. The molecule has 0 aromatic rings. The zero-order valence-corrected chi connectivity index (χ0v) is 21.2. The van der Waals surface area contributed by atoms with Crippen LogP contribution in [0, 0.1) is 0 Å². The number of halogens is 32. The van der Waals surface area contributed by atoms with Gasteiger partial charge in [-0.15, -0.1) is 0 Å². The molecule has 0 saturated heterocycles. The Morgan fingerprint density at radius 1 is 0.300 bits per heavy atom. The Morgan fingerprint density at radius 2 is 0.520 bits per heavy atom. The highest BCUT2D eigenvalue weighted by Gasteiger charge is 2.95. The lowest BCUT2D eigenvalue weighted by Gasteiger charge is -2.41. The normalized spacial score (nSPS) is 17.2. The highest BCUT2D eigenvalue weighted by Crippen LogP contribution is 2.65. The van der Waals surface area contributed by atoms with Crippen LogP contribution in [0.5, 0.6) is 0 Å². The highest BCUT2D eigenvalue weighted by molar-refractivity contribution is 5.20. The van der Waals surface area contributed by atoms with E-state index in [1.54, 1.807) is 0 Å². The summed E-state index contributed by atoms with van der Waals surface area (Å²) in [6, 6.07) is -5.07. The molecule has 33 heteroatoms. The van der Waals surface area contributed by atoms with Gasteiger partial charge in [0, 0.05) is 0 Å². The molecule has 0 fully saturated rings. The van der Waals surface area contributed by atoms with Crippen LogP contribution < -0.4 is 0 Å². The Morgan fingerprint density at radius 3 is 0.780 bits per heavy atom. The fourth-order valence-corrected chi connectivity index (χ4v) is 2.54. The van der Waals surface area contributed by atoms with Gasteiger partial charge in [0.1, 0.15) is 0 Å². The van der Waals surface area contributed by atoms with Crippen molar-refractivity contribution in [2.75, 3.05) is 6.61 Å². The predicted octanol–water partition coefficient (Wildman–Crippen LogP) is 10.9. The van der Waals surface area contributed by atoms with Gasteiger partial charge in [-0.05, 0) is 0 Å². The molecule has 0 heterocycles. The van der Waals surface area contributed by atoms with Crippen molar-refractivity contribution in [1.82, 2.24) is 0 Å². The van der Waals surface area contributed by atoms with Crippen LogP contribution in [0.4, 0.5) is 140 Å².